The van der Waals surface area contributed by atoms with Gasteiger partial charge in [-0.2, -0.15) is 5.10 Å². The third kappa shape index (κ3) is 2.69. The standard InChI is InChI=1S/C10H14N6/c1-16-7-13-10(15-16)5-6-12-9-4-2-3-8(11)14-9/h2-4,7H,5-6H2,1H3,(H3,11,12,14). The first kappa shape index (κ1) is 10.4. The van der Waals surface area contributed by atoms with E-state index >= 15 is 0 Å². The third-order valence-electron chi connectivity index (χ3n) is 2.07. The van der Waals surface area contributed by atoms with Crippen LogP contribution in [0.25, 0.3) is 0 Å². The Hall–Kier alpha value is -2.11. The number of pyridine rings is 1. The molecule has 0 spiro atoms. The Morgan fingerprint density at radius 3 is 3.00 bits per heavy atom. The molecule has 0 unspecified atom stereocenters. The monoisotopic (exact) mass is 218 g/mol. The highest BCUT2D eigenvalue weighted by molar-refractivity contribution is 5.42. The molecule has 2 aromatic heterocycles. The molecule has 0 radical (unpaired) electrons. The Bertz CT molecular complexity index is 464. The molecule has 0 aliphatic heterocycles. The van der Waals surface area contributed by atoms with E-state index in [-0.39, 0.29) is 0 Å². The van der Waals surface area contributed by atoms with E-state index in [4.69, 9.17) is 5.73 Å². The Labute approximate surface area is 93.5 Å². The van der Waals surface area contributed by atoms with E-state index in [1.165, 1.54) is 0 Å². The van der Waals surface area contributed by atoms with Crippen LogP contribution < -0.4 is 11.1 Å². The molecule has 6 nitrogen and oxygen atoms in total. The van der Waals surface area contributed by atoms with Crippen LogP contribution in [-0.4, -0.2) is 26.3 Å². The average molecular weight is 218 g/mol. The molecule has 0 bridgehead atoms. The number of nitrogens with two attached hydrogens (primary N) is 1. The van der Waals surface area contributed by atoms with E-state index in [0.29, 0.717) is 5.82 Å². The number of nitrogen functional groups attached to an aromatic ring is 1. The summed E-state index contributed by atoms with van der Waals surface area (Å²) in [5.74, 6) is 2.11. The normalized spacial score (nSPS) is 10.3. The van der Waals surface area contributed by atoms with Crippen molar-refractivity contribution < 1.29 is 0 Å². The van der Waals surface area contributed by atoms with Crippen molar-refractivity contribution >= 4 is 11.6 Å². The summed E-state index contributed by atoms with van der Waals surface area (Å²) in [4.78, 5) is 8.26. The van der Waals surface area contributed by atoms with E-state index in [2.05, 4.69) is 20.4 Å². The number of anilines is 2. The molecule has 0 fully saturated rings. The van der Waals surface area contributed by atoms with Gasteiger partial charge in [0.05, 0.1) is 0 Å². The molecule has 0 aromatic carbocycles. The number of nitrogens with one attached hydrogen (secondary N) is 1. The fraction of sp³-hybridized carbons (Fsp3) is 0.300. The Morgan fingerprint density at radius 1 is 1.44 bits per heavy atom. The summed E-state index contributed by atoms with van der Waals surface area (Å²) in [5.41, 5.74) is 5.57. The zero-order chi connectivity index (χ0) is 11.4. The van der Waals surface area contributed by atoms with Gasteiger partial charge in [-0.3, -0.25) is 4.68 Å². The summed E-state index contributed by atoms with van der Waals surface area (Å²) in [6.45, 7) is 0.737. The van der Waals surface area contributed by atoms with Crippen molar-refractivity contribution in [3.8, 4) is 0 Å². The minimum absolute atomic E-state index is 0.515. The molecule has 0 amide bonds. The molecule has 0 aliphatic carbocycles. The van der Waals surface area contributed by atoms with E-state index in [1.54, 1.807) is 17.1 Å². The lowest BCUT2D eigenvalue weighted by Crippen LogP contribution is -2.08. The topological polar surface area (TPSA) is 81.7 Å². The highest BCUT2D eigenvalue weighted by Crippen LogP contribution is 2.05. The van der Waals surface area contributed by atoms with E-state index < -0.39 is 0 Å². The zero-order valence-electron chi connectivity index (χ0n) is 9.09. The average Bonchev–Trinajstić information content (AvgIpc) is 2.64. The fourth-order valence-corrected chi connectivity index (χ4v) is 1.35. The second-order valence-corrected chi connectivity index (χ2v) is 3.46. The number of aryl methyl sites for hydroxylation is 1. The lowest BCUT2D eigenvalue weighted by Gasteiger charge is -2.03. The van der Waals surface area contributed by atoms with Crippen LogP contribution in [0.3, 0.4) is 0 Å². The Kier molecular flexibility index (Phi) is 3.00. The van der Waals surface area contributed by atoms with Gasteiger partial charge in [0.2, 0.25) is 0 Å². The highest BCUT2D eigenvalue weighted by atomic mass is 15.3. The molecule has 2 rings (SSSR count). The quantitative estimate of drug-likeness (QED) is 0.778. The summed E-state index contributed by atoms with van der Waals surface area (Å²) < 4.78 is 1.69. The second-order valence-electron chi connectivity index (χ2n) is 3.46. The van der Waals surface area contributed by atoms with Gasteiger partial charge in [-0.25, -0.2) is 9.97 Å². The highest BCUT2D eigenvalue weighted by Gasteiger charge is 1.99. The minimum Gasteiger partial charge on any atom is -0.384 e. The minimum atomic E-state index is 0.515. The number of nitrogens with zero attached hydrogens (tertiary/aromatic N) is 4. The molecule has 0 aliphatic rings. The van der Waals surface area contributed by atoms with Crippen LogP contribution in [0.4, 0.5) is 11.6 Å². The SMILES string of the molecule is Cn1cnc(CCNc2cccc(N)n2)n1. The molecular formula is C10H14N6. The van der Waals surface area contributed by atoms with Gasteiger partial charge in [0.15, 0.2) is 5.82 Å². The predicted molar refractivity (Wildman–Crippen MR) is 61.8 cm³/mol. The van der Waals surface area contributed by atoms with Crippen LogP contribution in [-0.2, 0) is 13.5 Å². The van der Waals surface area contributed by atoms with Gasteiger partial charge in [0, 0.05) is 20.0 Å². The van der Waals surface area contributed by atoms with Crippen LogP contribution >= 0.6 is 0 Å². The molecule has 3 N–H and O–H groups in total. The van der Waals surface area contributed by atoms with Crippen LogP contribution in [0.15, 0.2) is 24.5 Å². The van der Waals surface area contributed by atoms with Gasteiger partial charge in [0.1, 0.15) is 18.0 Å². The molecular weight excluding hydrogens is 204 g/mol. The van der Waals surface area contributed by atoms with Crippen LogP contribution in [0.2, 0.25) is 0 Å². The van der Waals surface area contributed by atoms with Gasteiger partial charge in [0.25, 0.3) is 0 Å². The fourth-order valence-electron chi connectivity index (χ4n) is 1.35. The Morgan fingerprint density at radius 2 is 2.31 bits per heavy atom. The van der Waals surface area contributed by atoms with Gasteiger partial charge in [-0.15, -0.1) is 0 Å². The first-order chi connectivity index (χ1) is 7.74. The molecule has 0 atom stereocenters. The Balaban J connectivity index is 1.84. The second kappa shape index (κ2) is 4.61. The number of hydrogen-bond donors (Lipinski definition) is 2. The zero-order valence-corrected chi connectivity index (χ0v) is 9.09. The van der Waals surface area contributed by atoms with Gasteiger partial charge in [-0.05, 0) is 12.1 Å². The number of hydrogen-bond acceptors (Lipinski definition) is 5. The maximum atomic E-state index is 5.57. The van der Waals surface area contributed by atoms with Crippen molar-refractivity contribution in [2.24, 2.45) is 7.05 Å². The lowest BCUT2D eigenvalue weighted by molar-refractivity contribution is 0.742. The third-order valence-corrected chi connectivity index (χ3v) is 2.07. The summed E-state index contributed by atoms with van der Waals surface area (Å²) in [5, 5.41) is 7.34. The van der Waals surface area contributed by atoms with Crippen LogP contribution in [0.5, 0.6) is 0 Å². The smallest absolute Gasteiger partial charge is 0.152 e. The van der Waals surface area contributed by atoms with Crippen molar-refractivity contribution in [3.05, 3.63) is 30.4 Å². The van der Waals surface area contributed by atoms with Gasteiger partial charge in [-0.1, -0.05) is 6.07 Å². The number of aromatic nitrogens is 4. The summed E-state index contributed by atoms with van der Waals surface area (Å²) in [6.07, 6.45) is 2.45. The summed E-state index contributed by atoms with van der Waals surface area (Å²) in [7, 11) is 1.85. The van der Waals surface area contributed by atoms with Crippen molar-refractivity contribution in [1.82, 2.24) is 19.7 Å². The van der Waals surface area contributed by atoms with Gasteiger partial charge >= 0.3 is 0 Å². The summed E-state index contributed by atoms with van der Waals surface area (Å²) in [6, 6.07) is 5.50. The maximum Gasteiger partial charge on any atom is 0.152 e. The predicted octanol–water partition coefficient (Wildman–Crippen LogP) is 0.447. The first-order valence-corrected chi connectivity index (χ1v) is 5.05. The first-order valence-electron chi connectivity index (χ1n) is 5.05. The molecule has 0 saturated carbocycles. The van der Waals surface area contributed by atoms with Crippen molar-refractivity contribution in [2.45, 2.75) is 6.42 Å². The van der Waals surface area contributed by atoms with Crippen LogP contribution in [0, 0.1) is 0 Å². The van der Waals surface area contributed by atoms with Gasteiger partial charge < -0.3 is 11.1 Å². The molecule has 6 heteroatoms. The lowest BCUT2D eigenvalue weighted by atomic mass is 10.4. The van der Waals surface area contributed by atoms with Crippen LogP contribution in [0.1, 0.15) is 5.82 Å². The molecule has 84 valence electrons. The number of rotatable bonds is 4. The maximum absolute atomic E-state index is 5.57. The summed E-state index contributed by atoms with van der Waals surface area (Å²) >= 11 is 0. The molecule has 2 heterocycles. The van der Waals surface area contributed by atoms with Crippen molar-refractivity contribution in [3.63, 3.8) is 0 Å². The van der Waals surface area contributed by atoms with Crippen molar-refractivity contribution in [1.29, 1.82) is 0 Å². The van der Waals surface area contributed by atoms with Crippen molar-refractivity contribution in [2.75, 3.05) is 17.6 Å². The molecule has 16 heavy (non-hydrogen) atoms. The largest absolute Gasteiger partial charge is 0.384 e. The molecule has 2 aromatic rings. The molecule has 0 saturated heterocycles. The van der Waals surface area contributed by atoms with E-state index in [1.807, 2.05) is 19.2 Å². The van der Waals surface area contributed by atoms with E-state index in [9.17, 15) is 0 Å². The van der Waals surface area contributed by atoms with E-state index in [0.717, 1.165) is 24.6 Å².